The number of aromatic nitrogens is 4. The summed E-state index contributed by atoms with van der Waals surface area (Å²) in [5.41, 5.74) is 1.97. The van der Waals surface area contributed by atoms with Crippen molar-refractivity contribution in [2.24, 2.45) is 0 Å². The topological polar surface area (TPSA) is 123 Å². The Morgan fingerprint density at radius 3 is 2.88 bits per heavy atom. The van der Waals surface area contributed by atoms with Gasteiger partial charge in [0.15, 0.2) is 11.8 Å². The van der Waals surface area contributed by atoms with Crippen molar-refractivity contribution in [2.75, 3.05) is 6.54 Å². The number of benzene rings is 2. The second-order valence-electron chi connectivity index (χ2n) is 7.18. The van der Waals surface area contributed by atoms with Crippen molar-refractivity contribution in [3.05, 3.63) is 65.4 Å². The molecule has 0 fully saturated rings. The molecule has 2 N–H and O–H groups in total. The Hall–Kier alpha value is -4.08. The van der Waals surface area contributed by atoms with Gasteiger partial charge in [-0.1, -0.05) is 35.5 Å². The van der Waals surface area contributed by atoms with Crippen LogP contribution in [0.5, 0.6) is 0 Å². The molecule has 2 aromatic heterocycles. The summed E-state index contributed by atoms with van der Waals surface area (Å²) >= 11 is 0. The lowest BCUT2D eigenvalue weighted by molar-refractivity contribution is -0.149. The highest BCUT2D eigenvalue weighted by Gasteiger charge is 2.20. The number of hydrogen-bond acceptors (Lipinski definition) is 7. The number of H-pyrrole nitrogens is 1. The van der Waals surface area contributed by atoms with Crippen molar-refractivity contribution in [3.63, 3.8) is 0 Å². The van der Waals surface area contributed by atoms with Crippen molar-refractivity contribution in [3.8, 4) is 11.4 Å². The maximum atomic E-state index is 13.8. The number of nitrogens with zero attached hydrogens (tertiary/aromatic N) is 3. The van der Waals surface area contributed by atoms with Gasteiger partial charge >= 0.3 is 5.97 Å². The van der Waals surface area contributed by atoms with Crippen LogP contribution < -0.4 is 5.32 Å². The van der Waals surface area contributed by atoms with E-state index in [0.717, 1.165) is 5.52 Å². The molecule has 0 spiro atoms. The van der Waals surface area contributed by atoms with Crippen LogP contribution in [0.1, 0.15) is 41.4 Å². The van der Waals surface area contributed by atoms with Crippen LogP contribution >= 0.6 is 0 Å². The smallest absolute Gasteiger partial charge is 0.308 e. The third-order valence-electron chi connectivity index (χ3n) is 4.83. The number of aryl methyl sites for hydroxylation is 1. The van der Waals surface area contributed by atoms with Gasteiger partial charge < -0.3 is 14.6 Å². The number of para-hydroxylation sites is 1. The zero-order valence-electron chi connectivity index (χ0n) is 17.4. The van der Waals surface area contributed by atoms with Gasteiger partial charge in [-0.3, -0.25) is 14.7 Å². The Kier molecular flexibility index (Phi) is 5.93. The molecule has 2 heterocycles. The molecule has 2 aromatic carbocycles. The number of hydrogen-bond donors (Lipinski definition) is 2. The molecule has 4 rings (SSSR count). The van der Waals surface area contributed by atoms with Crippen LogP contribution in [-0.2, 0) is 9.53 Å². The monoisotopic (exact) mass is 437 g/mol. The molecule has 1 atom stereocenters. The molecule has 0 aliphatic carbocycles. The highest BCUT2D eigenvalue weighted by molar-refractivity contribution is 6.04. The Bertz CT molecular complexity index is 1280. The summed E-state index contributed by atoms with van der Waals surface area (Å²) in [6, 6.07) is 11.9. The average Bonchev–Trinajstić information content (AvgIpc) is 3.43. The van der Waals surface area contributed by atoms with E-state index < -0.39 is 18.0 Å². The second kappa shape index (κ2) is 8.96. The van der Waals surface area contributed by atoms with Crippen LogP contribution in [-0.4, -0.2) is 38.8 Å². The number of amides is 1. The van der Waals surface area contributed by atoms with Crippen LogP contribution in [0.15, 0.2) is 47.0 Å². The molecule has 0 radical (unpaired) electrons. The zero-order chi connectivity index (χ0) is 22.7. The van der Waals surface area contributed by atoms with E-state index >= 15 is 0 Å². The summed E-state index contributed by atoms with van der Waals surface area (Å²) in [5, 5.41) is 14.0. The SMILES string of the molecule is Cc1ccc(-c2noc(C(C)OC(=O)CCNC(=O)c3n[nH]c4ccccc34)n2)cc1F. The first-order chi connectivity index (χ1) is 15.4. The Morgan fingerprint density at radius 2 is 2.06 bits per heavy atom. The normalized spacial score (nSPS) is 12.0. The highest BCUT2D eigenvalue weighted by atomic mass is 19.1. The Balaban J connectivity index is 1.29. The maximum absolute atomic E-state index is 13.8. The number of aromatic amines is 1. The summed E-state index contributed by atoms with van der Waals surface area (Å²) in [4.78, 5) is 28.6. The lowest BCUT2D eigenvalue weighted by Crippen LogP contribution is -2.27. The first-order valence-electron chi connectivity index (χ1n) is 9.93. The molecule has 0 saturated carbocycles. The minimum atomic E-state index is -0.801. The van der Waals surface area contributed by atoms with E-state index in [0.29, 0.717) is 16.5 Å². The second-order valence-corrected chi connectivity index (χ2v) is 7.18. The maximum Gasteiger partial charge on any atom is 0.308 e. The van der Waals surface area contributed by atoms with E-state index in [1.807, 2.05) is 18.2 Å². The number of carbonyl (C=O) groups is 2. The lowest BCUT2D eigenvalue weighted by atomic mass is 10.1. The van der Waals surface area contributed by atoms with E-state index in [1.54, 1.807) is 32.0 Å². The minimum absolute atomic E-state index is 0.0530. The summed E-state index contributed by atoms with van der Waals surface area (Å²) in [7, 11) is 0. The van der Waals surface area contributed by atoms with E-state index in [1.165, 1.54) is 6.07 Å². The average molecular weight is 437 g/mol. The molecule has 32 heavy (non-hydrogen) atoms. The van der Waals surface area contributed by atoms with Crippen molar-refractivity contribution < 1.29 is 23.2 Å². The van der Waals surface area contributed by atoms with Gasteiger partial charge in [-0.05, 0) is 31.5 Å². The number of ether oxygens (including phenoxy) is 1. The fourth-order valence-corrected chi connectivity index (χ4v) is 3.05. The standard InChI is InChI=1S/C22H20FN5O4/c1-12-7-8-14(11-16(12)23)20-25-22(32-28-20)13(2)31-18(29)9-10-24-21(30)19-15-5-3-4-6-17(15)26-27-19/h3-8,11,13H,9-10H2,1-2H3,(H,24,30)(H,26,27). The van der Waals surface area contributed by atoms with Gasteiger partial charge in [0.25, 0.3) is 11.8 Å². The van der Waals surface area contributed by atoms with Gasteiger partial charge in [0.2, 0.25) is 5.82 Å². The van der Waals surface area contributed by atoms with Crippen molar-refractivity contribution >= 4 is 22.8 Å². The molecular weight excluding hydrogens is 417 g/mol. The molecule has 10 heteroatoms. The first-order valence-corrected chi connectivity index (χ1v) is 9.93. The fraction of sp³-hybridized carbons (Fsp3) is 0.227. The van der Waals surface area contributed by atoms with Gasteiger partial charge in [-0.15, -0.1) is 0 Å². The zero-order valence-corrected chi connectivity index (χ0v) is 17.4. The Morgan fingerprint density at radius 1 is 1.25 bits per heavy atom. The molecule has 0 bridgehead atoms. The van der Waals surface area contributed by atoms with Crippen molar-refractivity contribution in [1.29, 1.82) is 0 Å². The quantitative estimate of drug-likeness (QED) is 0.424. The van der Waals surface area contributed by atoms with E-state index in [4.69, 9.17) is 9.26 Å². The molecular formula is C22H20FN5O4. The van der Waals surface area contributed by atoms with E-state index in [9.17, 15) is 14.0 Å². The molecule has 4 aromatic rings. The number of esters is 1. The molecule has 164 valence electrons. The number of halogens is 1. The summed E-state index contributed by atoms with van der Waals surface area (Å²) in [6.45, 7) is 3.31. The van der Waals surface area contributed by atoms with E-state index in [2.05, 4.69) is 25.7 Å². The van der Waals surface area contributed by atoms with Gasteiger partial charge in [0.1, 0.15) is 5.82 Å². The van der Waals surface area contributed by atoms with Crippen LogP contribution in [0.3, 0.4) is 0 Å². The summed E-state index contributed by atoms with van der Waals surface area (Å²) in [6.07, 6.45) is -0.854. The minimum Gasteiger partial charge on any atom is -0.452 e. The van der Waals surface area contributed by atoms with Crippen molar-refractivity contribution in [2.45, 2.75) is 26.4 Å². The number of carbonyl (C=O) groups excluding carboxylic acids is 2. The molecule has 0 aliphatic rings. The summed E-state index contributed by atoms with van der Waals surface area (Å²) < 4.78 is 24.2. The predicted molar refractivity (Wildman–Crippen MR) is 112 cm³/mol. The van der Waals surface area contributed by atoms with E-state index in [-0.39, 0.29) is 36.2 Å². The number of fused-ring (bicyclic) bond motifs is 1. The van der Waals surface area contributed by atoms with Crippen LogP contribution in [0.25, 0.3) is 22.3 Å². The van der Waals surface area contributed by atoms with Crippen LogP contribution in [0.4, 0.5) is 4.39 Å². The van der Waals surface area contributed by atoms with Crippen LogP contribution in [0.2, 0.25) is 0 Å². The molecule has 0 saturated heterocycles. The van der Waals surface area contributed by atoms with Gasteiger partial charge in [0, 0.05) is 17.5 Å². The number of nitrogens with one attached hydrogen (secondary N) is 2. The fourth-order valence-electron chi connectivity index (χ4n) is 3.05. The molecule has 1 unspecified atom stereocenters. The predicted octanol–water partition coefficient (Wildman–Crippen LogP) is 3.48. The largest absolute Gasteiger partial charge is 0.452 e. The van der Waals surface area contributed by atoms with Gasteiger partial charge in [0.05, 0.1) is 11.9 Å². The van der Waals surface area contributed by atoms with Gasteiger partial charge in [-0.25, -0.2) is 4.39 Å². The third kappa shape index (κ3) is 4.48. The van der Waals surface area contributed by atoms with Crippen LogP contribution in [0, 0.1) is 12.7 Å². The lowest BCUT2D eigenvalue weighted by Gasteiger charge is -2.09. The highest BCUT2D eigenvalue weighted by Crippen LogP contribution is 2.22. The molecule has 0 aliphatic heterocycles. The number of rotatable bonds is 7. The summed E-state index contributed by atoms with van der Waals surface area (Å²) in [5.74, 6) is -1.04. The third-order valence-corrected chi connectivity index (χ3v) is 4.83. The Labute approximate surface area is 182 Å². The molecule has 9 nitrogen and oxygen atoms in total. The molecule has 1 amide bonds. The van der Waals surface area contributed by atoms with Crippen molar-refractivity contribution in [1.82, 2.24) is 25.7 Å². The van der Waals surface area contributed by atoms with Gasteiger partial charge in [-0.2, -0.15) is 10.1 Å². The first kappa shape index (κ1) is 21.2.